The molecule has 16 heavy (non-hydrogen) atoms. The molecule has 1 rings (SSSR count). The predicted octanol–water partition coefficient (Wildman–Crippen LogP) is 1.29. The Labute approximate surface area is 91.2 Å². The van der Waals surface area contributed by atoms with Gasteiger partial charge < -0.3 is 5.32 Å². The first kappa shape index (κ1) is 12.6. The van der Waals surface area contributed by atoms with E-state index in [0.29, 0.717) is 0 Å². The molecule has 0 aliphatic carbocycles. The number of halogens is 2. The topological polar surface area (TPSA) is 63.2 Å². The molecular weight excluding hydrogens is 240 g/mol. The van der Waals surface area contributed by atoms with Crippen molar-refractivity contribution >= 4 is 21.4 Å². The lowest BCUT2D eigenvalue weighted by Crippen LogP contribution is -2.20. The number of hydrogen-bond donors (Lipinski definition) is 1. The van der Waals surface area contributed by atoms with Crippen molar-refractivity contribution in [1.29, 1.82) is 0 Å². The quantitative estimate of drug-likeness (QED) is 0.878. The molecule has 0 unspecified atom stereocenters. The van der Waals surface area contributed by atoms with Crippen molar-refractivity contribution < 1.29 is 22.0 Å². The van der Waals surface area contributed by atoms with Crippen LogP contribution < -0.4 is 5.32 Å². The van der Waals surface area contributed by atoms with Crippen LogP contribution in [0.25, 0.3) is 0 Å². The molecule has 88 valence electrons. The van der Waals surface area contributed by atoms with E-state index >= 15 is 0 Å². The maximum Gasteiger partial charge on any atom is 0.315 e. The standard InChI is InChI=1S/C9H9F2NO3S/c1-16(14,15)7-4-2-3-6(5-7)12-9(13)8(10)11/h2-5,8H,1H3,(H,12,13). The van der Waals surface area contributed by atoms with Gasteiger partial charge in [0.25, 0.3) is 5.91 Å². The van der Waals surface area contributed by atoms with Gasteiger partial charge in [0, 0.05) is 11.9 Å². The van der Waals surface area contributed by atoms with Crippen LogP contribution in [0.3, 0.4) is 0 Å². The average molecular weight is 249 g/mol. The Morgan fingerprint density at radius 2 is 2.00 bits per heavy atom. The third-order valence-electron chi connectivity index (χ3n) is 1.73. The maximum absolute atomic E-state index is 11.9. The van der Waals surface area contributed by atoms with Crippen LogP contribution in [0.4, 0.5) is 14.5 Å². The van der Waals surface area contributed by atoms with Crippen molar-refractivity contribution in [2.24, 2.45) is 0 Å². The summed E-state index contributed by atoms with van der Waals surface area (Å²) in [6.07, 6.45) is -2.15. The summed E-state index contributed by atoms with van der Waals surface area (Å²) >= 11 is 0. The molecule has 0 heterocycles. The summed E-state index contributed by atoms with van der Waals surface area (Å²) in [7, 11) is -3.42. The molecule has 0 aromatic heterocycles. The fraction of sp³-hybridized carbons (Fsp3) is 0.222. The number of carbonyl (C=O) groups is 1. The Morgan fingerprint density at radius 1 is 1.38 bits per heavy atom. The number of carbonyl (C=O) groups excluding carboxylic acids is 1. The molecule has 0 aliphatic rings. The normalized spacial score (nSPS) is 11.5. The van der Waals surface area contributed by atoms with Gasteiger partial charge in [0.15, 0.2) is 9.84 Å². The van der Waals surface area contributed by atoms with E-state index in [1.54, 1.807) is 0 Å². The summed E-state index contributed by atoms with van der Waals surface area (Å²) in [5.74, 6) is -1.47. The van der Waals surface area contributed by atoms with Crippen molar-refractivity contribution in [3.05, 3.63) is 24.3 Å². The Hall–Kier alpha value is -1.50. The molecule has 0 saturated carbocycles. The lowest BCUT2D eigenvalue weighted by atomic mass is 10.3. The van der Waals surface area contributed by atoms with Crippen LogP contribution in [0, 0.1) is 0 Å². The summed E-state index contributed by atoms with van der Waals surface area (Å²) in [5, 5.41) is 1.90. The lowest BCUT2D eigenvalue weighted by molar-refractivity contribution is -0.126. The van der Waals surface area contributed by atoms with Gasteiger partial charge in [-0.15, -0.1) is 0 Å². The number of rotatable bonds is 3. The van der Waals surface area contributed by atoms with Gasteiger partial charge in [-0.05, 0) is 18.2 Å². The first-order valence-electron chi connectivity index (χ1n) is 4.20. The van der Waals surface area contributed by atoms with Crippen LogP contribution in [0.2, 0.25) is 0 Å². The van der Waals surface area contributed by atoms with Gasteiger partial charge in [-0.3, -0.25) is 4.79 Å². The molecule has 1 N–H and O–H groups in total. The molecule has 0 aliphatic heterocycles. The molecule has 1 aromatic rings. The second-order valence-corrected chi connectivity index (χ2v) is 5.11. The second kappa shape index (κ2) is 4.56. The third kappa shape index (κ3) is 3.27. The van der Waals surface area contributed by atoms with Crippen molar-refractivity contribution in [3.8, 4) is 0 Å². The number of nitrogens with one attached hydrogen (secondary N) is 1. The molecule has 0 fully saturated rings. The van der Waals surface area contributed by atoms with E-state index in [1.807, 2.05) is 5.32 Å². The molecule has 1 aromatic carbocycles. The van der Waals surface area contributed by atoms with Crippen LogP contribution in [-0.2, 0) is 14.6 Å². The number of hydrogen-bond acceptors (Lipinski definition) is 3. The highest BCUT2D eigenvalue weighted by Crippen LogP contribution is 2.15. The highest BCUT2D eigenvalue weighted by molar-refractivity contribution is 7.90. The van der Waals surface area contributed by atoms with Gasteiger partial charge >= 0.3 is 6.43 Å². The van der Waals surface area contributed by atoms with Crippen LogP contribution in [-0.4, -0.2) is 27.0 Å². The lowest BCUT2D eigenvalue weighted by Gasteiger charge is -2.05. The fourth-order valence-corrected chi connectivity index (χ4v) is 1.67. The van der Waals surface area contributed by atoms with Crippen molar-refractivity contribution in [2.75, 3.05) is 11.6 Å². The molecule has 7 heteroatoms. The zero-order chi connectivity index (χ0) is 12.3. The predicted molar refractivity (Wildman–Crippen MR) is 54.2 cm³/mol. The molecule has 0 spiro atoms. The van der Waals surface area contributed by atoms with Crippen LogP contribution in [0.15, 0.2) is 29.2 Å². The maximum atomic E-state index is 11.9. The number of anilines is 1. The highest BCUT2D eigenvalue weighted by atomic mass is 32.2. The van der Waals surface area contributed by atoms with Gasteiger partial charge in [0.2, 0.25) is 0 Å². The van der Waals surface area contributed by atoms with Gasteiger partial charge in [-0.1, -0.05) is 6.07 Å². The molecular formula is C9H9F2NO3S. The summed E-state index contributed by atoms with van der Waals surface area (Å²) in [6, 6.07) is 5.12. The molecule has 0 bridgehead atoms. The largest absolute Gasteiger partial charge is 0.321 e. The zero-order valence-corrected chi connectivity index (χ0v) is 9.09. The van der Waals surface area contributed by atoms with E-state index in [0.717, 1.165) is 12.3 Å². The molecule has 0 atom stereocenters. The monoisotopic (exact) mass is 249 g/mol. The van der Waals surface area contributed by atoms with Gasteiger partial charge in [0.05, 0.1) is 4.90 Å². The van der Waals surface area contributed by atoms with Crippen molar-refractivity contribution in [2.45, 2.75) is 11.3 Å². The van der Waals surface area contributed by atoms with Gasteiger partial charge in [-0.2, -0.15) is 8.78 Å². The zero-order valence-electron chi connectivity index (χ0n) is 8.28. The van der Waals surface area contributed by atoms with E-state index in [1.165, 1.54) is 18.2 Å². The number of amides is 1. The Balaban J connectivity index is 2.96. The highest BCUT2D eigenvalue weighted by Gasteiger charge is 2.15. The number of benzene rings is 1. The van der Waals surface area contributed by atoms with Crippen molar-refractivity contribution in [1.82, 2.24) is 0 Å². The minimum Gasteiger partial charge on any atom is -0.321 e. The molecule has 4 nitrogen and oxygen atoms in total. The first-order chi connectivity index (χ1) is 7.30. The van der Waals surface area contributed by atoms with E-state index in [2.05, 4.69) is 0 Å². The van der Waals surface area contributed by atoms with Crippen LogP contribution in [0.5, 0.6) is 0 Å². The second-order valence-electron chi connectivity index (χ2n) is 3.09. The minimum atomic E-state index is -3.42. The van der Waals surface area contributed by atoms with E-state index in [9.17, 15) is 22.0 Å². The Morgan fingerprint density at radius 3 is 2.50 bits per heavy atom. The van der Waals surface area contributed by atoms with E-state index in [-0.39, 0.29) is 10.6 Å². The van der Waals surface area contributed by atoms with Gasteiger partial charge in [-0.25, -0.2) is 8.42 Å². The number of alkyl halides is 2. The fourth-order valence-electron chi connectivity index (χ4n) is 1.00. The summed E-state index contributed by atoms with van der Waals surface area (Å²) < 4.78 is 46.1. The van der Waals surface area contributed by atoms with E-state index < -0.39 is 22.2 Å². The van der Waals surface area contributed by atoms with E-state index in [4.69, 9.17) is 0 Å². The van der Waals surface area contributed by atoms with Crippen molar-refractivity contribution in [3.63, 3.8) is 0 Å². The SMILES string of the molecule is CS(=O)(=O)c1cccc(NC(=O)C(F)F)c1. The minimum absolute atomic E-state index is 0.0215. The van der Waals surface area contributed by atoms with Crippen LogP contribution >= 0.6 is 0 Å². The first-order valence-corrected chi connectivity index (χ1v) is 6.09. The van der Waals surface area contributed by atoms with Crippen LogP contribution in [0.1, 0.15) is 0 Å². The number of sulfone groups is 1. The summed E-state index contributed by atoms with van der Waals surface area (Å²) in [4.78, 5) is 10.6. The summed E-state index contributed by atoms with van der Waals surface area (Å²) in [5.41, 5.74) is 0.0215. The summed E-state index contributed by atoms with van der Waals surface area (Å²) in [6.45, 7) is 0. The van der Waals surface area contributed by atoms with Gasteiger partial charge in [0.1, 0.15) is 0 Å². The molecule has 1 amide bonds. The molecule has 0 saturated heterocycles. The average Bonchev–Trinajstić information content (AvgIpc) is 2.16. The third-order valence-corrected chi connectivity index (χ3v) is 2.84. The smallest absolute Gasteiger partial charge is 0.315 e. The molecule has 0 radical (unpaired) electrons. The Bertz CT molecular complexity index is 499. The Kier molecular flexibility index (Phi) is 3.58.